The van der Waals surface area contributed by atoms with Gasteiger partial charge < -0.3 is 4.90 Å². The summed E-state index contributed by atoms with van der Waals surface area (Å²) in [6.07, 6.45) is 6.69. The first kappa shape index (κ1) is 15.0. The van der Waals surface area contributed by atoms with E-state index in [1.165, 1.54) is 37.0 Å². The Morgan fingerprint density at radius 2 is 2.10 bits per heavy atom. The SMILES string of the molecule is CC(C)C1NC(c2cccs2)N(CC2CCCCC2)C1=O. The molecule has 2 fully saturated rings. The van der Waals surface area contributed by atoms with Crippen molar-refractivity contribution < 1.29 is 4.79 Å². The van der Waals surface area contributed by atoms with Crippen molar-refractivity contribution in [3.8, 4) is 0 Å². The number of carbonyl (C=O) groups excluding carboxylic acids is 1. The molecule has 2 unspecified atom stereocenters. The van der Waals surface area contributed by atoms with E-state index in [0.717, 1.165) is 6.54 Å². The van der Waals surface area contributed by atoms with E-state index in [2.05, 4.69) is 41.6 Å². The predicted molar refractivity (Wildman–Crippen MR) is 87.1 cm³/mol. The molecular weight excluding hydrogens is 280 g/mol. The minimum Gasteiger partial charge on any atom is -0.320 e. The molecule has 1 aromatic heterocycles. The van der Waals surface area contributed by atoms with Crippen LogP contribution in [0.5, 0.6) is 0 Å². The van der Waals surface area contributed by atoms with Gasteiger partial charge in [-0.2, -0.15) is 0 Å². The summed E-state index contributed by atoms with van der Waals surface area (Å²) in [6.45, 7) is 5.19. The van der Waals surface area contributed by atoms with E-state index >= 15 is 0 Å². The van der Waals surface area contributed by atoms with Crippen molar-refractivity contribution >= 4 is 17.2 Å². The van der Waals surface area contributed by atoms with Gasteiger partial charge in [-0.1, -0.05) is 39.2 Å². The quantitative estimate of drug-likeness (QED) is 0.918. The summed E-state index contributed by atoms with van der Waals surface area (Å²) in [5.74, 6) is 1.34. The van der Waals surface area contributed by atoms with Crippen molar-refractivity contribution in [2.45, 2.75) is 58.2 Å². The zero-order valence-corrected chi connectivity index (χ0v) is 13.9. The lowest BCUT2D eigenvalue weighted by Gasteiger charge is -2.30. The highest BCUT2D eigenvalue weighted by atomic mass is 32.1. The van der Waals surface area contributed by atoms with Crippen LogP contribution in [0.4, 0.5) is 0 Å². The van der Waals surface area contributed by atoms with Crippen molar-refractivity contribution in [2.75, 3.05) is 6.54 Å². The maximum atomic E-state index is 12.8. The summed E-state index contributed by atoms with van der Waals surface area (Å²) in [6, 6.07) is 4.19. The smallest absolute Gasteiger partial charge is 0.241 e. The molecule has 1 amide bonds. The molecule has 0 bridgehead atoms. The van der Waals surface area contributed by atoms with Crippen LogP contribution in [0, 0.1) is 11.8 Å². The summed E-state index contributed by atoms with van der Waals surface area (Å²) in [7, 11) is 0. The monoisotopic (exact) mass is 306 g/mol. The molecule has 2 heterocycles. The van der Waals surface area contributed by atoms with Crippen LogP contribution in [0.25, 0.3) is 0 Å². The Kier molecular flexibility index (Phi) is 4.65. The van der Waals surface area contributed by atoms with Gasteiger partial charge in [0.15, 0.2) is 0 Å². The van der Waals surface area contributed by atoms with Gasteiger partial charge in [0.25, 0.3) is 0 Å². The summed E-state index contributed by atoms with van der Waals surface area (Å²) in [4.78, 5) is 16.2. The summed E-state index contributed by atoms with van der Waals surface area (Å²) in [5, 5.41) is 5.67. The van der Waals surface area contributed by atoms with Crippen LogP contribution in [0.15, 0.2) is 17.5 Å². The number of nitrogens with zero attached hydrogens (tertiary/aromatic N) is 1. The molecular formula is C17H26N2OS. The minimum atomic E-state index is -0.0271. The van der Waals surface area contributed by atoms with E-state index in [0.29, 0.717) is 17.7 Å². The third-order valence-corrected chi connectivity index (χ3v) is 5.78. The largest absolute Gasteiger partial charge is 0.320 e. The second kappa shape index (κ2) is 6.49. The second-order valence-corrected chi connectivity index (χ2v) is 7.78. The zero-order chi connectivity index (χ0) is 14.8. The molecule has 3 nitrogen and oxygen atoms in total. The Hall–Kier alpha value is -0.870. The standard InChI is InChI=1S/C17H26N2OS/c1-12(2)15-17(20)19(11-13-7-4-3-5-8-13)16(18-15)14-9-6-10-21-14/h6,9-10,12-13,15-16,18H,3-5,7-8,11H2,1-2H3. The fraction of sp³-hybridized carbons (Fsp3) is 0.706. The molecule has 116 valence electrons. The summed E-state index contributed by atoms with van der Waals surface area (Å²) >= 11 is 1.75. The van der Waals surface area contributed by atoms with Crippen LogP contribution >= 0.6 is 11.3 Å². The average molecular weight is 306 g/mol. The molecule has 21 heavy (non-hydrogen) atoms. The van der Waals surface area contributed by atoms with Gasteiger partial charge in [0.1, 0.15) is 6.17 Å². The van der Waals surface area contributed by atoms with Gasteiger partial charge >= 0.3 is 0 Å². The Balaban J connectivity index is 1.77. The molecule has 1 aliphatic carbocycles. The van der Waals surface area contributed by atoms with Crippen molar-refractivity contribution in [3.05, 3.63) is 22.4 Å². The highest BCUT2D eigenvalue weighted by Crippen LogP contribution is 2.33. The number of thiophene rings is 1. The normalized spacial score (nSPS) is 27.8. The lowest BCUT2D eigenvalue weighted by atomic mass is 9.89. The van der Waals surface area contributed by atoms with Gasteiger partial charge in [0.05, 0.1) is 6.04 Å². The number of hydrogen-bond donors (Lipinski definition) is 1. The molecule has 4 heteroatoms. The molecule has 0 aromatic carbocycles. The molecule has 0 radical (unpaired) electrons. The van der Waals surface area contributed by atoms with E-state index in [1.54, 1.807) is 11.3 Å². The molecule has 1 N–H and O–H groups in total. The molecule has 1 aliphatic heterocycles. The molecule has 1 saturated heterocycles. The van der Waals surface area contributed by atoms with Gasteiger partial charge in [-0.25, -0.2) is 0 Å². The third-order valence-electron chi connectivity index (χ3n) is 4.86. The van der Waals surface area contributed by atoms with Gasteiger partial charge in [-0.3, -0.25) is 10.1 Å². The number of rotatable bonds is 4. The van der Waals surface area contributed by atoms with E-state index < -0.39 is 0 Å². The summed E-state index contributed by atoms with van der Waals surface area (Å²) in [5.41, 5.74) is 0. The first-order chi connectivity index (χ1) is 10.2. The Morgan fingerprint density at radius 1 is 1.33 bits per heavy atom. The zero-order valence-electron chi connectivity index (χ0n) is 13.0. The molecule has 2 aliphatic rings. The van der Waals surface area contributed by atoms with Crippen LogP contribution in [0.3, 0.4) is 0 Å². The fourth-order valence-corrected chi connectivity index (χ4v) is 4.44. The van der Waals surface area contributed by atoms with Crippen LogP contribution < -0.4 is 5.32 Å². The average Bonchev–Trinajstić information content (AvgIpc) is 3.09. The molecule has 1 aromatic rings. The number of hydrogen-bond acceptors (Lipinski definition) is 3. The van der Waals surface area contributed by atoms with E-state index in [9.17, 15) is 4.79 Å². The lowest BCUT2D eigenvalue weighted by molar-refractivity contribution is -0.131. The van der Waals surface area contributed by atoms with E-state index in [-0.39, 0.29) is 12.2 Å². The van der Waals surface area contributed by atoms with Crippen LogP contribution in [0.2, 0.25) is 0 Å². The van der Waals surface area contributed by atoms with E-state index in [1.807, 2.05) is 0 Å². The van der Waals surface area contributed by atoms with Crippen molar-refractivity contribution in [1.82, 2.24) is 10.2 Å². The third kappa shape index (κ3) is 3.16. The van der Waals surface area contributed by atoms with E-state index in [4.69, 9.17) is 0 Å². The maximum absolute atomic E-state index is 12.8. The predicted octanol–water partition coefficient (Wildman–Crippen LogP) is 3.78. The number of nitrogens with one attached hydrogen (secondary N) is 1. The van der Waals surface area contributed by atoms with Crippen molar-refractivity contribution in [1.29, 1.82) is 0 Å². The Bertz CT molecular complexity index is 465. The topological polar surface area (TPSA) is 32.3 Å². The van der Waals surface area contributed by atoms with Crippen LogP contribution in [0.1, 0.15) is 57.0 Å². The fourth-order valence-electron chi connectivity index (χ4n) is 3.64. The second-order valence-electron chi connectivity index (χ2n) is 6.80. The van der Waals surface area contributed by atoms with Crippen molar-refractivity contribution in [2.24, 2.45) is 11.8 Å². The Morgan fingerprint density at radius 3 is 2.71 bits per heavy atom. The number of carbonyl (C=O) groups is 1. The highest BCUT2D eigenvalue weighted by molar-refractivity contribution is 7.10. The lowest BCUT2D eigenvalue weighted by Crippen LogP contribution is -2.37. The Labute approximate surface area is 131 Å². The first-order valence-electron chi connectivity index (χ1n) is 8.26. The molecule has 3 rings (SSSR count). The molecule has 0 spiro atoms. The molecule has 1 saturated carbocycles. The minimum absolute atomic E-state index is 0.0271. The summed E-state index contributed by atoms with van der Waals surface area (Å²) < 4.78 is 0. The van der Waals surface area contributed by atoms with Gasteiger partial charge in [-0.15, -0.1) is 11.3 Å². The highest BCUT2D eigenvalue weighted by Gasteiger charge is 2.42. The van der Waals surface area contributed by atoms with Crippen LogP contribution in [-0.4, -0.2) is 23.4 Å². The van der Waals surface area contributed by atoms with Crippen molar-refractivity contribution in [3.63, 3.8) is 0 Å². The van der Waals surface area contributed by atoms with Gasteiger partial charge in [0, 0.05) is 11.4 Å². The molecule has 2 atom stereocenters. The van der Waals surface area contributed by atoms with Gasteiger partial charge in [0.2, 0.25) is 5.91 Å². The first-order valence-corrected chi connectivity index (χ1v) is 9.14. The maximum Gasteiger partial charge on any atom is 0.241 e. The van der Waals surface area contributed by atoms with Gasteiger partial charge in [-0.05, 0) is 36.1 Å². The number of amides is 1. The van der Waals surface area contributed by atoms with Crippen LogP contribution in [-0.2, 0) is 4.79 Å².